The third-order valence-corrected chi connectivity index (χ3v) is 4.70. The molecule has 6 atom stereocenters. The third kappa shape index (κ3) is 3.38. The standard InChI is InChI=1S/C16H27NO6/c1-6-7-8-20-14-13-12(11(9-17)10-21-14)22-15(2,18-4)16(3,19-5)23-13/h11-14H,6-8,10H2,1-5H3/t11-,12-,13+,14-,15+,16+/m1/s1. The Morgan fingerprint density at radius 3 is 2.26 bits per heavy atom. The Kier molecular flexibility index (Phi) is 6.00. The van der Waals surface area contributed by atoms with E-state index in [1.165, 1.54) is 14.2 Å². The molecular weight excluding hydrogens is 302 g/mol. The van der Waals surface area contributed by atoms with Crippen LogP contribution in [0.15, 0.2) is 0 Å². The minimum atomic E-state index is -1.14. The molecule has 2 saturated heterocycles. The van der Waals surface area contributed by atoms with Crippen LogP contribution >= 0.6 is 0 Å². The number of hydrogen-bond donors (Lipinski definition) is 0. The first-order valence-corrected chi connectivity index (χ1v) is 8.03. The van der Waals surface area contributed by atoms with E-state index in [2.05, 4.69) is 13.0 Å². The largest absolute Gasteiger partial charge is 0.350 e. The predicted octanol–water partition coefficient (Wildman–Crippen LogP) is 1.81. The normalized spacial score (nSPS) is 43.7. The van der Waals surface area contributed by atoms with E-state index in [4.69, 9.17) is 28.4 Å². The Morgan fingerprint density at radius 1 is 1.13 bits per heavy atom. The van der Waals surface area contributed by atoms with Gasteiger partial charge in [0.15, 0.2) is 6.29 Å². The average molecular weight is 329 g/mol. The van der Waals surface area contributed by atoms with E-state index >= 15 is 0 Å². The highest BCUT2D eigenvalue weighted by Gasteiger charge is 2.61. The highest BCUT2D eigenvalue weighted by atomic mass is 16.8. The van der Waals surface area contributed by atoms with Gasteiger partial charge in [0, 0.05) is 20.8 Å². The van der Waals surface area contributed by atoms with Crippen LogP contribution in [0, 0.1) is 17.2 Å². The van der Waals surface area contributed by atoms with E-state index in [0.717, 1.165) is 12.8 Å². The summed E-state index contributed by atoms with van der Waals surface area (Å²) in [5.41, 5.74) is 0. The van der Waals surface area contributed by atoms with Crippen molar-refractivity contribution >= 4 is 0 Å². The van der Waals surface area contributed by atoms with Crippen LogP contribution in [0.25, 0.3) is 0 Å². The van der Waals surface area contributed by atoms with Crippen molar-refractivity contribution in [2.75, 3.05) is 27.4 Å². The molecular formula is C16H27NO6. The minimum absolute atomic E-state index is 0.237. The Labute approximate surface area is 137 Å². The maximum atomic E-state index is 9.38. The number of nitriles is 1. The van der Waals surface area contributed by atoms with Crippen molar-refractivity contribution in [2.45, 2.75) is 63.7 Å². The first-order valence-electron chi connectivity index (χ1n) is 8.03. The molecule has 7 heteroatoms. The Morgan fingerprint density at radius 2 is 1.74 bits per heavy atom. The summed E-state index contributed by atoms with van der Waals surface area (Å²) in [6.07, 6.45) is 0.298. The van der Waals surface area contributed by atoms with Gasteiger partial charge in [-0.25, -0.2) is 0 Å². The zero-order chi connectivity index (χ0) is 17.1. The molecule has 0 unspecified atom stereocenters. The molecule has 2 fully saturated rings. The van der Waals surface area contributed by atoms with Crippen molar-refractivity contribution in [1.82, 2.24) is 0 Å². The van der Waals surface area contributed by atoms with E-state index in [9.17, 15) is 5.26 Å². The highest BCUT2D eigenvalue weighted by Crippen LogP contribution is 2.43. The average Bonchev–Trinajstić information content (AvgIpc) is 2.56. The highest BCUT2D eigenvalue weighted by molar-refractivity contribution is 5.02. The number of unbranched alkanes of at least 4 members (excludes halogenated alkanes) is 1. The fraction of sp³-hybridized carbons (Fsp3) is 0.938. The van der Waals surface area contributed by atoms with Gasteiger partial charge in [0.2, 0.25) is 11.6 Å². The molecule has 23 heavy (non-hydrogen) atoms. The number of ether oxygens (including phenoxy) is 6. The lowest BCUT2D eigenvalue weighted by Gasteiger charge is -2.55. The van der Waals surface area contributed by atoms with E-state index in [1.54, 1.807) is 13.8 Å². The first kappa shape index (κ1) is 18.6. The van der Waals surface area contributed by atoms with Crippen LogP contribution in [0.3, 0.4) is 0 Å². The van der Waals surface area contributed by atoms with Gasteiger partial charge in [-0.1, -0.05) is 13.3 Å². The van der Waals surface area contributed by atoms with Crippen LogP contribution in [-0.4, -0.2) is 57.5 Å². The quantitative estimate of drug-likeness (QED) is 0.688. The summed E-state index contributed by atoms with van der Waals surface area (Å²) in [6, 6.07) is 2.22. The zero-order valence-corrected chi connectivity index (χ0v) is 14.5. The van der Waals surface area contributed by atoms with Gasteiger partial charge in [0.05, 0.1) is 18.6 Å². The molecule has 0 aromatic rings. The van der Waals surface area contributed by atoms with Crippen LogP contribution in [0.5, 0.6) is 0 Å². The lowest BCUT2D eigenvalue weighted by Crippen LogP contribution is -2.70. The summed E-state index contributed by atoms with van der Waals surface area (Å²) >= 11 is 0. The minimum Gasteiger partial charge on any atom is -0.350 e. The number of methoxy groups -OCH3 is 2. The molecule has 132 valence electrons. The summed E-state index contributed by atoms with van der Waals surface area (Å²) in [5.74, 6) is -2.74. The molecule has 2 aliphatic rings. The van der Waals surface area contributed by atoms with Crippen molar-refractivity contribution in [3.63, 3.8) is 0 Å². The van der Waals surface area contributed by atoms with Gasteiger partial charge in [-0.2, -0.15) is 5.26 Å². The summed E-state index contributed by atoms with van der Waals surface area (Å²) in [4.78, 5) is 0. The van der Waals surface area contributed by atoms with Gasteiger partial charge in [-0.05, 0) is 20.3 Å². The second kappa shape index (κ2) is 7.43. The van der Waals surface area contributed by atoms with Crippen molar-refractivity contribution in [1.29, 1.82) is 5.26 Å². The molecule has 7 nitrogen and oxygen atoms in total. The van der Waals surface area contributed by atoms with Crippen molar-refractivity contribution < 1.29 is 28.4 Å². The molecule has 2 heterocycles. The lowest BCUT2D eigenvalue weighted by molar-refractivity contribution is -0.475. The lowest BCUT2D eigenvalue weighted by atomic mass is 9.92. The first-order chi connectivity index (χ1) is 10.9. The van der Waals surface area contributed by atoms with E-state index < -0.39 is 36.0 Å². The molecule has 0 amide bonds. The Bertz CT molecular complexity index is 441. The third-order valence-electron chi connectivity index (χ3n) is 4.70. The summed E-state index contributed by atoms with van der Waals surface area (Å²) in [6.45, 7) is 6.37. The van der Waals surface area contributed by atoms with E-state index in [1.807, 2.05) is 0 Å². The molecule has 0 bridgehead atoms. The Hall–Kier alpha value is -0.750. The van der Waals surface area contributed by atoms with Crippen LogP contribution in [-0.2, 0) is 28.4 Å². The molecule has 0 radical (unpaired) electrons. The molecule has 0 spiro atoms. The van der Waals surface area contributed by atoms with Crippen LogP contribution in [0.1, 0.15) is 33.6 Å². The molecule has 2 rings (SSSR count). The molecule has 0 saturated carbocycles. The SMILES string of the molecule is CCCCO[C@@H]1OC[C@@H](C#N)[C@H]2O[C@](C)(OC)[C@@](C)(OC)O[C@H]12. The van der Waals surface area contributed by atoms with E-state index in [0.29, 0.717) is 6.61 Å². The zero-order valence-electron chi connectivity index (χ0n) is 14.5. The van der Waals surface area contributed by atoms with Gasteiger partial charge in [0.25, 0.3) is 0 Å². The monoisotopic (exact) mass is 329 g/mol. The summed E-state index contributed by atoms with van der Waals surface area (Å²) in [7, 11) is 3.05. The number of fused-ring (bicyclic) bond motifs is 1. The van der Waals surface area contributed by atoms with Crippen molar-refractivity contribution in [2.24, 2.45) is 5.92 Å². The van der Waals surface area contributed by atoms with Crippen molar-refractivity contribution in [3.05, 3.63) is 0 Å². The fourth-order valence-electron chi connectivity index (χ4n) is 2.84. The molecule has 0 aromatic heterocycles. The Balaban J connectivity index is 2.22. The second-order valence-corrected chi connectivity index (χ2v) is 6.13. The molecule has 0 N–H and O–H groups in total. The van der Waals surface area contributed by atoms with Crippen LogP contribution in [0.2, 0.25) is 0 Å². The number of rotatable bonds is 6. The summed E-state index contributed by atoms with van der Waals surface area (Å²) in [5, 5.41) is 9.38. The summed E-state index contributed by atoms with van der Waals surface area (Å²) < 4.78 is 34.7. The topological polar surface area (TPSA) is 79.2 Å². The number of hydrogen-bond acceptors (Lipinski definition) is 7. The molecule has 0 aromatic carbocycles. The van der Waals surface area contributed by atoms with Gasteiger partial charge in [-0.15, -0.1) is 0 Å². The maximum absolute atomic E-state index is 9.38. The van der Waals surface area contributed by atoms with Gasteiger partial charge >= 0.3 is 0 Å². The van der Waals surface area contributed by atoms with Crippen LogP contribution < -0.4 is 0 Å². The second-order valence-electron chi connectivity index (χ2n) is 6.13. The predicted molar refractivity (Wildman–Crippen MR) is 80.3 cm³/mol. The molecule has 2 aliphatic heterocycles. The molecule has 0 aliphatic carbocycles. The van der Waals surface area contributed by atoms with E-state index in [-0.39, 0.29) is 6.61 Å². The number of nitrogens with zero attached hydrogens (tertiary/aromatic N) is 1. The fourth-order valence-corrected chi connectivity index (χ4v) is 2.84. The maximum Gasteiger partial charge on any atom is 0.220 e. The smallest absolute Gasteiger partial charge is 0.220 e. The van der Waals surface area contributed by atoms with Crippen LogP contribution in [0.4, 0.5) is 0 Å². The van der Waals surface area contributed by atoms with Gasteiger partial charge in [-0.3, -0.25) is 0 Å². The van der Waals surface area contributed by atoms with Gasteiger partial charge < -0.3 is 28.4 Å². The van der Waals surface area contributed by atoms with Gasteiger partial charge in [0.1, 0.15) is 12.2 Å². The van der Waals surface area contributed by atoms with Crippen molar-refractivity contribution in [3.8, 4) is 6.07 Å².